The second-order valence-electron chi connectivity index (χ2n) is 3.95. The molecule has 4 heteroatoms. The van der Waals surface area contributed by atoms with E-state index in [4.69, 9.17) is 23.2 Å². The predicted octanol–water partition coefficient (Wildman–Crippen LogP) is 4.91. The number of hydrogen-bond acceptors (Lipinski definition) is 1. The van der Waals surface area contributed by atoms with Crippen LogP contribution >= 0.6 is 45.8 Å². The van der Waals surface area contributed by atoms with Crippen molar-refractivity contribution in [1.82, 2.24) is 5.32 Å². The summed E-state index contributed by atoms with van der Waals surface area (Å²) in [5.74, 6) is 0. The van der Waals surface area contributed by atoms with Crippen molar-refractivity contribution < 1.29 is 0 Å². The Bertz CT molecular complexity index is 557. The first kappa shape index (κ1) is 14.1. The van der Waals surface area contributed by atoms with E-state index in [9.17, 15) is 0 Å². The van der Waals surface area contributed by atoms with E-state index < -0.39 is 0 Å². The Balaban J connectivity index is 2.42. The normalized spacial score (nSPS) is 12.4. The Morgan fingerprint density at radius 1 is 1.00 bits per heavy atom. The smallest absolute Gasteiger partial charge is 0.0595 e. The van der Waals surface area contributed by atoms with Crippen molar-refractivity contribution in [1.29, 1.82) is 0 Å². The van der Waals surface area contributed by atoms with Gasteiger partial charge in [-0.25, -0.2) is 0 Å². The van der Waals surface area contributed by atoms with Gasteiger partial charge in [0.05, 0.1) is 16.1 Å². The van der Waals surface area contributed by atoms with Crippen LogP contribution < -0.4 is 5.32 Å². The Kier molecular flexibility index (Phi) is 4.90. The third-order valence-electron chi connectivity index (χ3n) is 2.75. The maximum absolute atomic E-state index is 6.07. The molecule has 2 rings (SSSR count). The summed E-state index contributed by atoms with van der Waals surface area (Å²) in [5.41, 5.74) is 2.32. The number of rotatable bonds is 3. The number of halogens is 3. The topological polar surface area (TPSA) is 12.0 Å². The van der Waals surface area contributed by atoms with Gasteiger partial charge >= 0.3 is 0 Å². The lowest BCUT2D eigenvalue weighted by Gasteiger charge is -2.18. The summed E-state index contributed by atoms with van der Waals surface area (Å²) >= 11 is 14.3. The van der Waals surface area contributed by atoms with Gasteiger partial charge < -0.3 is 5.32 Å². The number of benzene rings is 2. The number of hydrogen-bond donors (Lipinski definition) is 1. The van der Waals surface area contributed by atoms with Crippen molar-refractivity contribution in [2.45, 2.75) is 6.04 Å². The highest BCUT2D eigenvalue weighted by Crippen LogP contribution is 2.29. The standard InChI is InChI=1S/C14H12Cl2IN/c1-18-14(9-3-2-4-11(17)7-9)10-5-6-12(15)13(16)8-10/h2-8,14,18H,1H3. The fraction of sp³-hybridized carbons (Fsp3) is 0.143. The summed E-state index contributed by atoms with van der Waals surface area (Å²) in [6, 6.07) is 14.2. The van der Waals surface area contributed by atoms with Gasteiger partial charge in [0.25, 0.3) is 0 Å². The first-order valence-electron chi connectivity index (χ1n) is 5.49. The molecule has 0 amide bonds. The van der Waals surface area contributed by atoms with Gasteiger partial charge in [-0.2, -0.15) is 0 Å². The van der Waals surface area contributed by atoms with E-state index in [0.717, 1.165) is 5.56 Å². The first-order valence-corrected chi connectivity index (χ1v) is 7.33. The second kappa shape index (κ2) is 6.24. The van der Waals surface area contributed by atoms with Crippen LogP contribution in [0, 0.1) is 3.57 Å². The molecule has 2 aromatic rings. The highest BCUT2D eigenvalue weighted by atomic mass is 127. The Hall–Kier alpha value is -0.290. The monoisotopic (exact) mass is 391 g/mol. The molecular weight excluding hydrogens is 380 g/mol. The lowest BCUT2D eigenvalue weighted by molar-refractivity contribution is 0.691. The van der Waals surface area contributed by atoms with Crippen LogP contribution in [0.1, 0.15) is 17.2 Å². The molecule has 1 nitrogen and oxygen atoms in total. The van der Waals surface area contributed by atoms with Gasteiger partial charge in [-0.3, -0.25) is 0 Å². The Labute approximate surface area is 131 Å². The van der Waals surface area contributed by atoms with Crippen LogP contribution in [0.4, 0.5) is 0 Å². The van der Waals surface area contributed by atoms with Crippen LogP contribution in [0.5, 0.6) is 0 Å². The molecule has 1 N–H and O–H groups in total. The average Bonchev–Trinajstić information content (AvgIpc) is 2.35. The van der Waals surface area contributed by atoms with Crippen molar-refractivity contribution in [3.8, 4) is 0 Å². The van der Waals surface area contributed by atoms with Crippen LogP contribution in [0.3, 0.4) is 0 Å². The van der Waals surface area contributed by atoms with Crippen LogP contribution in [0.2, 0.25) is 10.0 Å². The quantitative estimate of drug-likeness (QED) is 0.733. The summed E-state index contributed by atoms with van der Waals surface area (Å²) in [5, 5.41) is 4.47. The highest BCUT2D eigenvalue weighted by molar-refractivity contribution is 14.1. The molecule has 0 aliphatic carbocycles. The zero-order valence-corrected chi connectivity index (χ0v) is 13.4. The predicted molar refractivity (Wildman–Crippen MR) is 86.5 cm³/mol. The van der Waals surface area contributed by atoms with Gasteiger partial charge in [-0.05, 0) is 65.0 Å². The molecule has 0 spiro atoms. The van der Waals surface area contributed by atoms with Gasteiger partial charge in [0.1, 0.15) is 0 Å². The molecule has 1 atom stereocenters. The Morgan fingerprint density at radius 2 is 1.72 bits per heavy atom. The minimum Gasteiger partial charge on any atom is -0.309 e. The molecule has 0 heterocycles. The van der Waals surface area contributed by atoms with Crippen molar-refractivity contribution in [3.63, 3.8) is 0 Å². The summed E-state index contributed by atoms with van der Waals surface area (Å²) < 4.78 is 1.21. The first-order chi connectivity index (χ1) is 8.61. The van der Waals surface area contributed by atoms with Crippen molar-refractivity contribution >= 4 is 45.8 Å². The second-order valence-corrected chi connectivity index (χ2v) is 6.01. The molecular formula is C14H12Cl2IN. The van der Waals surface area contributed by atoms with Gasteiger partial charge in [0.2, 0.25) is 0 Å². The van der Waals surface area contributed by atoms with Crippen LogP contribution in [0.15, 0.2) is 42.5 Å². The summed E-state index contributed by atoms with van der Waals surface area (Å²) in [6.07, 6.45) is 0. The largest absolute Gasteiger partial charge is 0.309 e. The molecule has 0 bridgehead atoms. The van der Waals surface area contributed by atoms with E-state index >= 15 is 0 Å². The molecule has 1 unspecified atom stereocenters. The molecule has 0 saturated heterocycles. The fourth-order valence-electron chi connectivity index (χ4n) is 1.90. The minimum atomic E-state index is 0.120. The summed E-state index contributed by atoms with van der Waals surface area (Å²) in [4.78, 5) is 0. The lowest BCUT2D eigenvalue weighted by Crippen LogP contribution is -2.17. The molecule has 2 aromatic carbocycles. The zero-order valence-electron chi connectivity index (χ0n) is 9.75. The Morgan fingerprint density at radius 3 is 2.33 bits per heavy atom. The summed E-state index contributed by atoms with van der Waals surface area (Å²) in [6.45, 7) is 0. The van der Waals surface area contributed by atoms with Crippen LogP contribution in [-0.4, -0.2) is 7.05 Å². The van der Waals surface area contributed by atoms with E-state index in [2.05, 4.69) is 52.2 Å². The molecule has 0 aromatic heterocycles. The van der Waals surface area contributed by atoms with Crippen LogP contribution in [-0.2, 0) is 0 Å². The van der Waals surface area contributed by atoms with E-state index in [1.807, 2.05) is 25.2 Å². The molecule has 0 saturated carbocycles. The minimum absolute atomic E-state index is 0.120. The highest BCUT2D eigenvalue weighted by Gasteiger charge is 2.13. The lowest BCUT2D eigenvalue weighted by atomic mass is 9.99. The van der Waals surface area contributed by atoms with Gasteiger partial charge in [-0.15, -0.1) is 0 Å². The molecule has 0 fully saturated rings. The maximum Gasteiger partial charge on any atom is 0.0595 e. The van der Waals surface area contributed by atoms with Crippen molar-refractivity contribution in [2.24, 2.45) is 0 Å². The SMILES string of the molecule is CNC(c1cccc(I)c1)c1ccc(Cl)c(Cl)c1. The van der Waals surface area contributed by atoms with Gasteiger partial charge in [0, 0.05) is 3.57 Å². The summed E-state index contributed by atoms with van der Waals surface area (Å²) in [7, 11) is 1.94. The van der Waals surface area contributed by atoms with Gasteiger partial charge in [-0.1, -0.05) is 41.4 Å². The molecule has 0 aliphatic heterocycles. The number of nitrogens with one attached hydrogen (secondary N) is 1. The average molecular weight is 392 g/mol. The van der Waals surface area contributed by atoms with E-state index in [1.165, 1.54) is 9.13 Å². The van der Waals surface area contributed by atoms with E-state index in [-0.39, 0.29) is 6.04 Å². The van der Waals surface area contributed by atoms with Crippen LogP contribution in [0.25, 0.3) is 0 Å². The molecule has 94 valence electrons. The third kappa shape index (κ3) is 3.18. The van der Waals surface area contributed by atoms with E-state index in [1.54, 1.807) is 0 Å². The van der Waals surface area contributed by atoms with E-state index in [0.29, 0.717) is 10.0 Å². The molecule has 0 aliphatic rings. The van der Waals surface area contributed by atoms with Gasteiger partial charge in [0.15, 0.2) is 0 Å². The zero-order chi connectivity index (χ0) is 13.1. The fourth-order valence-corrected chi connectivity index (χ4v) is 2.78. The third-order valence-corrected chi connectivity index (χ3v) is 4.16. The molecule has 18 heavy (non-hydrogen) atoms. The maximum atomic E-state index is 6.07. The van der Waals surface area contributed by atoms with Crippen molar-refractivity contribution in [3.05, 3.63) is 67.2 Å². The van der Waals surface area contributed by atoms with Crippen molar-refractivity contribution in [2.75, 3.05) is 7.05 Å². The molecule has 0 radical (unpaired) electrons.